The van der Waals surface area contributed by atoms with E-state index in [4.69, 9.17) is 23.2 Å². The fourth-order valence-corrected chi connectivity index (χ4v) is 5.56. The van der Waals surface area contributed by atoms with Gasteiger partial charge in [-0.25, -0.2) is 8.42 Å². The van der Waals surface area contributed by atoms with Gasteiger partial charge in [0.25, 0.3) is 0 Å². The predicted molar refractivity (Wildman–Crippen MR) is 161 cm³/mol. The lowest BCUT2D eigenvalue weighted by molar-refractivity contribution is -0.140. The molecule has 2 amide bonds. The fraction of sp³-hybridized carbons (Fsp3) is 0.286. The van der Waals surface area contributed by atoms with Crippen LogP contribution in [0.2, 0.25) is 10.0 Å². The Morgan fingerprint density at radius 3 is 2.26 bits per heavy atom. The summed E-state index contributed by atoms with van der Waals surface area (Å²) < 4.78 is 27.4. The third kappa shape index (κ3) is 8.96. The lowest BCUT2D eigenvalue weighted by Gasteiger charge is -2.33. The van der Waals surface area contributed by atoms with Crippen LogP contribution in [0, 0.1) is 0 Å². The van der Waals surface area contributed by atoms with Gasteiger partial charge in [-0.2, -0.15) is 0 Å². The minimum Gasteiger partial charge on any atom is -0.354 e. The molecule has 39 heavy (non-hydrogen) atoms. The molecule has 0 bridgehead atoms. The number of amides is 2. The lowest BCUT2D eigenvalue weighted by Crippen LogP contribution is -2.53. The molecule has 1 atom stereocenters. The van der Waals surface area contributed by atoms with Crippen LogP contribution in [-0.2, 0) is 32.6 Å². The van der Waals surface area contributed by atoms with Crippen molar-refractivity contribution in [3.63, 3.8) is 0 Å². The Bertz CT molecular complexity index is 1390. The molecule has 0 saturated carbocycles. The number of hydrogen-bond donors (Lipinski definition) is 1. The maximum absolute atomic E-state index is 14.0. The summed E-state index contributed by atoms with van der Waals surface area (Å²) in [7, 11) is -3.84. The molecule has 0 aliphatic carbocycles. The van der Waals surface area contributed by atoms with Crippen LogP contribution in [0.1, 0.15) is 24.5 Å². The van der Waals surface area contributed by atoms with Gasteiger partial charge < -0.3 is 10.2 Å². The molecule has 0 spiro atoms. The van der Waals surface area contributed by atoms with Crippen LogP contribution in [0.15, 0.2) is 77.3 Å². The lowest BCUT2D eigenvalue weighted by atomic mass is 10.0. The maximum atomic E-state index is 14.0. The number of benzene rings is 3. The molecular weight excluding hydrogens is 625 g/mol. The van der Waals surface area contributed by atoms with Crippen LogP contribution in [-0.4, -0.2) is 50.5 Å². The number of sulfonamides is 1. The number of carbonyl (C=O) groups is 2. The summed E-state index contributed by atoms with van der Waals surface area (Å²) >= 11 is 15.9. The van der Waals surface area contributed by atoms with Crippen LogP contribution >= 0.6 is 39.1 Å². The van der Waals surface area contributed by atoms with Crippen LogP contribution in [0.25, 0.3) is 0 Å². The topological polar surface area (TPSA) is 86.8 Å². The normalized spacial score (nSPS) is 12.0. The Labute approximate surface area is 248 Å². The van der Waals surface area contributed by atoms with E-state index in [-0.39, 0.29) is 18.9 Å². The van der Waals surface area contributed by atoms with E-state index in [1.165, 1.54) is 4.90 Å². The van der Waals surface area contributed by atoms with Crippen LogP contribution in [0.4, 0.5) is 5.69 Å². The van der Waals surface area contributed by atoms with Crippen molar-refractivity contribution in [2.45, 2.75) is 32.4 Å². The van der Waals surface area contributed by atoms with E-state index in [1.54, 1.807) is 42.5 Å². The van der Waals surface area contributed by atoms with Gasteiger partial charge in [0, 0.05) is 34.0 Å². The number of rotatable bonds is 12. The SMILES string of the molecule is CCCNC(=O)[C@H](Cc1ccccc1)N(Cc1ccc(Cl)cc1Cl)C(=O)CN(c1ccc(Br)cc1)S(C)(=O)=O. The first-order valence-corrected chi connectivity index (χ1v) is 15.7. The summed E-state index contributed by atoms with van der Waals surface area (Å²) in [5.41, 5.74) is 1.75. The smallest absolute Gasteiger partial charge is 0.244 e. The molecule has 208 valence electrons. The summed E-state index contributed by atoms with van der Waals surface area (Å²) in [4.78, 5) is 28.9. The molecule has 0 saturated heterocycles. The second kappa shape index (κ2) is 14.2. The van der Waals surface area contributed by atoms with Gasteiger partial charge in [0.15, 0.2) is 0 Å². The van der Waals surface area contributed by atoms with Crippen molar-refractivity contribution < 1.29 is 18.0 Å². The molecule has 0 aliphatic rings. The summed E-state index contributed by atoms with van der Waals surface area (Å²) in [6.07, 6.45) is 1.98. The molecule has 3 rings (SSSR count). The molecule has 0 heterocycles. The summed E-state index contributed by atoms with van der Waals surface area (Å²) in [5, 5.41) is 3.66. The van der Waals surface area contributed by atoms with E-state index < -0.39 is 28.5 Å². The van der Waals surface area contributed by atoms with E-state index in [0.29, 0.717) is 34.3 Å². The van der Waals surface area contributed by atoms with Crippen molar-refractivity contribution in [2.75, 3.05) is 23.7 Å². The van der Waals surface area contributed by atoms with Gasteiger partial charge in [0.1, 0.15) is 12.6 Å². The Morgan fingerprint density at radius 1 is 1.00 bits per heavy atom. The Kier molecular flexibility index (Phi) is 11.2. The molecule has 0 aliphatic heterocycles. The van der Waals surface area contributed by atoms with E-state index >= 15 is 0 Å². The number of hydrogen-bond acceptors (Lipinski definition) is 4. The minimum absolute atomic E-state index is 0.0240. The number of carbonyl (C=O) groups excluding carboxylic acids is 2. The van der Waals surface area contributed by atoms with E-state index in [1.807, 2.05) is 37.3 Å². The van der Waals surface area contributed by atoms with Gasteiger partial charge in [-0.05, 0) is 53.9 Å². The highest BCUT2D eigenvalue weighted by molar-refractivity contribution is 9.10. The molecule has 0 radical (unpaired) electrons. The molecule has 0 unspecified atom stereocenters. The third-order valence-corrected chi connectivity index (χ3v) is 8.23. The number of halogens is 3. The van der Waals surface area contributed by atoms with Gasteiger partial charge in [-0.1, -0.05) is 82.5 Å². The highest BCUT2D eigenvalue weighted by Crippen LogP contribution is 2.26. The summed E-state index contributed by atoms with van der Waals surface area (Å²) in [6, 6.07) is 19.9. The highest BCUT2D eigenvalue weighted by Gasteiger charge is 2.33. The summed E-state index contributed by atoms with van der Waals surface area (Å²) in [6.45, 7) is 1.84. The largest absolute Gasteiger partial charge is 0.354 e. The van der Waals surface area contributed by atoms with Crippen LogP contribution < -0.4 is 9.62 Å². The van der Waals surface area contributed by atoms with Crippen molar-refractivity contribution in [1.82, 2.24) is 10.2 Å². The summed E-state index contributed by atoms with van der Waals surface area (Å²) in [5.74, 6) is -0.893. The Morgan fingerprint density at radius 2 is 1.67 bits per heavy atom. The first-order chi connectivity index (χ1) is 18.5. The quantitative estimate of drug-likeness (QED) is 0.272. The van der Waals surface area contributed by atoms with Crippen LogP contribution in [0.3, 0.4) is 0 Å². The van der Waals surface area contributed by atoms with Crippen molar-refractivity contribution in [1.29, 1.82) is 0 Å². The van der Waals surface area contributed by atoms with Crippen molar-refractivity contribution in [2.24, 2.45) is 0 Å². The second-order valence-electron chi connectivity index (χ2n) is 9.00. The zero-order valence-electron chi connectivity index (χ0n) is 21.6. The zero-order chi connectivity index (χ0) is 28.6. The molecule has 11 heteroatoms. The molecule has 1 N–H and O–H groups in total. The zero-order valence-corrected chi connectivity index (χ0v) is 25.5. The van der Waals surface area contributed by atoms with E-state index in [0.717, 1.165) is 20.6 Å². The average Bonchev–Trinajstić information content (AvgIpc) is 2.89. The van der Waals surface area contributed by atoms with Gasteiger partial charge in [-0.3, -0.25) is 13.9 Å². The first-order valence-electron chi connectivity index (χ1n) is 12.3. The van der Waals surface area contributed by atoms with E-state index in [9.17, 15) is 18.0 Å². The van der Waals surface area contributed by atoms with Crippen molar-refractivity contribution in [3.05, 3.63) is 98.4 Å². The standard InChI is InChI=1S/C28H30BrCl2N3O4S/c1-3-15-32-28(36)26(16-20-7-5-4-6-8-20)33(18-21-9-12-23(30)17-25(21)31)27(35)19-34(39(2,37)38)24-13-10-22(29)11-14-24/h4-14,17,26H,3,15-16,18-19H2,1-2H3,(H,32,36)/t26-/m0/s1. The minimum atomic E-state index is -3.84. The first kappa shape index (κ1) is 30.9. The Balaban J connectivity index is 2.06. The predicted octanol–water partition coefficient (Wildman–Crippen LogP) is 5.69. The van der Waals surface area contributed by atoms with Gasteiger partial charge in [-0.15, -0.1) is 0 Å². The molecule has 0 aromatic heterocycles. The van der Waals surface area contributed by atoms with Gasteiger partial charge in [0.05, 0.1) is 11.9 Å². The number of nitrogens with zero attached hydrogens (tertiary/aromatic N) is 2. The maximum Gasteiger partial charge on any atom is 0.244 e. The molecule has 3 aromatic rings. The molecule has 0 fully saturated rings. The monoisotopic (exact) mass is 653 g/mol. The average molecular weight is 655 g/mol. The van der Waals surface area contributed by atoms with Gasteiger partial charge >= 0.3 is 0 Å². The van der Waals surface area contributed by atoms with E-state index in [2.05, 4.69) is 21.2 Å². The fourth-order valence-electron chi connectivity index (χ4n) is 3.97. The van der Waals surface area contributed by atoms with Crippen LogP contribution in [0.5, 0.6) is 0 Å². The highest BCUT2D eigenvalue weighted by atomic mass is 79.9. The molecule has 7 nitrogen and oxygen atoms in total. The van der Waals surface area contributed by atoms with Crippen molar-refractivity contribution in [3.8, 4) is 0 Å². The molecular formula is C28H30BrCl2N3O4S. The Hall–Kier alpha value is -2.59. The third-order valence-electron chi connectivity index (χ3n) is 5.97. The second-order valence-corrected chi connectivity index (χ2v) is 12.7. The van der Waals surface area contributed by atoms with Crippen molar-refractivity contribution >= 4 is 66.7 Å². The molecule has 3 aromatic carbocycles. The van der Waals surface area contributed by atoms with Gasteiger partial charge in [0.2, 0.25) is 21.8 Å². The number of nitrogens with one attached hydrogen (secondary N) is 1. The number of anilines is 1.